The molecule has 0 aromatic carbocycles. The molecule has 0 bridgehead atoms. The van der Waals surface area contributed by atoms with Crippen molar-refractivity contribution in [1.29, 1.82) is 5.26 Å². The second-order valence-corrected chi connectivity index (χ2v) is 5.09. The predicted molar refractivity (Wildman–Crippen MR) is 64.6 cm³/mol. The van der Waals surface area contributed by atoms with Crippen molar-refractivity contribution in [2.24, 2.45) is 5.92 Å². The largest absolute Gasteiger partial charge is 0.345 e. The number of carbonyl (C=O) groups is 1. The topological polar surface area (TPSA) is 44.1 Å². The van der Waals surface area contributed by atoms with Gasteiger partial charge in [-0.05, 0) is 11.7 Å². The van der Waals surface area contributed by atoms with Crippen molar-refractivity contribution in [2.75, 3.05) is 25.1 Å². The Morgan fingerprint density at radius 3 is 2.73 bits per heavy atom. The van der Waals surface area contributed by atoms with Crippen LogP contribution in [-0.2, 0) is 4.79 Å². The monoisotopic (exact) mass is 228 g/mol. The first-order chi connectivity index (χ1) is 7.07. The van der Waals surface area contributed by atoms with E-state index in [1.165, 1.54) is 0 Å². The lowest BCUT2D eigenvalue weighted by atomic mass is 10.3. The van der Waals surface area contributed by atoms with Crippen LogP contribution in [0.15, 0.2) is 0 Å². The van der Waals surface area contributed by atoms with E-state index < -0.39 is 0 Å². The molecule has 0 heterocycles. The number of amides is 1. The van der Waals surface area contributed by atoms with Crippen LogP contribution in [0.5, 0.6) is 0 Å². The summed E-state index contributed by atoms with van der Waals surface area (Å²) in [6.45, 7) is 4.89. The molecule has 0 aromatic rings. The minimum Gasteiger partial charge on any atom is -0.345 e. The summed E-state index contributed by atoms with van der Waals surface area (Å²) in [7, 11) is 1.76. The van der Waals surface area contributed by atoms with E-state index in [9.17, 15) is 4.79 Å². The molecule has 0 unspecified atom stereocenters. The van der Waals surface area contributed by atoms with E-state index in [0.29, 0.717) is 25.3 Å². The molecule has 3 nitrogen and oxygen atoms in total. The van der Waals surface area contributed by atoms with Gasteiger partial charge in [0.25, 0.3) is 0 Å². The van der Waals surface area contributed by atoms with Gasteiger partial charge >= 0.3 is 0 Å². The Morgan fingerprint density at radius 2 is 2.20 bits per heavy atom. The fourth-order valence-electron chi connectivity index (χ4n) is 1.01. The number of nitriles is 1. The third-order valence-corrected chi connectivity index (χ3v) is 3.29. The third kappa shape index (κ3) is 8.31. The highest BCUT2D eigenvalue weighted by Gasteiger charge is 2.07. The van der Waals surface area contributed by atoms with Gasteiger partial charge in [0.1, 0.15) is 0 Å². The Kier molecular flexibility index (Phi) is 8.21. The van der Waals surface area contributed by atoms with Crippen molar-refractivity contribution in [3.8, 4) is 6.07 Å². The maximum absolute atomic E-state index is 11.5. The van der Waals surface area contributed by atoms with E-state index in [2.05, 4.69) is 13.8 Å². The molecular formula is C11H20N2OS. The van der Waals surface area contributed by atoms with Gasteiger partial charge in [0, 0.05) is 25.8 Å². The van der Waals surface area contributed by atoms with Crippen LogP contribution in [0.1, 0.15) is 26.7 Å². The quantitative estimate of drug-likeness (QED) is 0.627. The van der Waals surface area contributed by atoms with Crippen LogP contribution < -0.4 is 0 Å². The highest BCUT2D eigenvalue weighted by atomic mass is 32.2. The molecule has 0 aliphatic rings. The minimum atomic E-state index is 0.140. The van der Waals surface area contributed by atoms with E-state index in [1.807, 2.05) is 17.8 Å². The van der Waals surface area contributed by atoms with E-state index >= 15 is 0 Å². The van der Waals surface area contributed by atoms with Gasteiger partial charge in [-0.15, -0.1) is 0 Å². The summed E-state index contributed by atoms with van der Waals surface area (Å²) in [5.41, 5.74) is 0. The van der Waals surface area contributed by atoms with Crippen LogP contribution in [0.2, 0.25) is 0 Å². The lowest BCUT2D eigenvalue weighted by Crippen LogP contribution is -2.27. The summed E-state index contributed by atoms with van der Waals surface area (Å²) in [6.07, 6.45) is 1.00. The molecule has 0 radical (unpaired) electrons. The van der Waals surface area contributed by atoms with Gasteiger partial charge in [-0.25, -0.2) is 0 Å². The van der Waals surface area contributed by atoms with Crippen LogP contribution in [0.4, 0.5) is 0 Å². The van der Waals surface area contributed by atoms with Crippen molar-refractivity contribution < 1.29 is 4.79 Å². The number of hydrogen-bond donors (Lipinski definition) is 0. The fourth-order valence-corrected chi connectivity index (χ4v) is 1.97. The van der Waals surface area contributed by atoms with Crippen LogP contribution in [-0.4, -0.2) is 35.9 Å². The second kappa shape index (κ2) is 8.60. The number of rotatable bonds is 7. The zero-order valence-electron chi connectivity index (χ0n) is 9.82. The van der Waals surface area contributed by atoms with Crippen molar-refractivity contribution in [2.45, 2.75) is 26.7 Å². The minimum absolute atomic E-state index is 0.140. The number of hydrogen-bond acceptors (Lipinski definition) is 3. The maximum atomic E-state index is 11.5. The highest BCUT2D eigenvalue weighted by Crippen LogP contribution is 2.09. The van der Waals surface area contributed by atoms with Crippen molar-refractivity contribution >= 4 is 17.7 Å². The summed E-state index contributed by atoms with van der Waals surface area (Å²) < 4.78 is 0. The SMILES string of the molecule is CC(C)CSCCC(=O)N(C)CCC#N. The van der Waals surface area contributed by atoms with Gasteiger partial charge < -0.3 is 4.90 Å². The van der Waals surface area contributed by atoms with Crippen molar-refractivity contribution in [3.63, 3.8) is 0 Å². The average molecular weight is 228 g/mol. The van der Waals surface area contributed by atoms with Crippen LogP contribution in [0.3, 0.4) is 0 Å². The molecule has 0 N–H and O–H groups in total. The first-order valence-corrected chi connectivity index (χ1v) is 6.42. The molecular weight excluding hydrogens is 208 g/mol. The smallest absolute Gasteiger partial charge is 0.223 e. The molecule has 0 fully saturated rings. The highest BCUT2D eigenvalue weighted by molar-refractivity contribution is 7.99. The van der Waals surface area contributed by atoms with Crippen LogP contribution in [0, 0.1) is 17.2 Å². The van der Waals surface area contributed by atoms with Gasteiger partial charge in [-0.1, -0.05) is 13.8 Å². The van der Waals surface area contributed by atoms with E-state index in [-0.39, 0.29) is 5.91 Å². The lowest BCUT2D eigenvalue weighted by molar-refractivity contribution is -0.129. The molecule has 0 saturated heterocycles. The van der Waals surface area contributed by atoms with Crippen molar-refractivity contribution in [3.05, 3.63) is 0 Å². The molecule has 0 spiro atoms. The molecule has 0 atom stereocenters. The molecule has 1 amide bonds. The Morgan fingerprint density at radius 1 is 1.53 bits per heavy atom. The van der Waals surface area contributed by atoms with Gasteiger partial charge in [-0.2, -0.15) is 17.0 Å². The number of nitrogens with zero attached hydrogens (tertiary/aromatic N) is 2. The fraction of sp³-hybridized carbons (Fsp3) is 0.818. The summed E-state index contributed by atoms with van der Waals surface area (Å²) in [5, 5.41) is 8.38. The summed E-state index contributed by atoms with van der Waals surface area (Å²) >= 11 is 1.82. The maximum Gasteiger partial charge on any atom is 0.223 e. The summed E-state index contributed by atoms with van der Waals surface area (Å²) in [5.74, 6) is 2.81. The lowest BCUT2D eigenvalue weighted by Gasteiger charge is -2.15. The average Bonchev–Trinajstić information content (AvgIpc) is 2.20. The second-order valence-electron chi connectivity index (χ2n) is 3.94. The standard InChI is InChI=1S/C11H20N2OS/c1-10(2)9-15-8-5-11(14)13(3)7-4-6-12/h10H,4-5,7-9H2,1-3H3. The predicted octanol–water partition coefficient (Wildman–Crippen LogP) is 2.14. The molecule has 0 aliphatic carbocycles. The molecule has 0 aromatic heterocycles. The van der Waals surface area contributed by atoms with Gasteiger partial charge in [0.15, 0.2) is 0 Å². The molecule has 0 rings (SSSR count). The van der Waals surface area contributed by atoms with Gasteiger partial charge in [-0.3, -0.25) is 4.79 Å². The Balaban J connectivity index is 3.52. The Bertz CT molecular complexity index is 223. The zero-order chi connectivity index (χ0) is 11.7. The number of thioether (sulfide) groups is 1. The third-order valence-electron chi connectivity index (χ3n) is 1.90. The van der Waals surface area contributed by atoms with E-state index in [0.717, 1.165) is 11.5 Å². The van der Waals surface area contributed by atoms with Gasteiger partial charge in [0.05, 0.1) is 12.5 Å². The molecule has 15 heavy (non-hydrogen) atoms. The van der Waals surface area contributed by atoms with Crippen molar-refractivity contribution in [1.82, 2.24) is 4.90 Å². The van der Waals surface area contributed by atoms with E-state index in [4.69, 9.17) is 5.26 Å². The van der Waals surface area contributed by atoms with E-state index in [1.54, 1.807) is 11.9 Å². The molecule has 86 valence electrons. The van der Waals surface area contributed by atoms with Crippen LogP contribution >= 0.6 is 11.8 Å². The molecule has 4 heteroatoms. The Hall–Kier alpha value is -0.690. The Labute approximate surface area is 96.8 Å². The normalized spacial score (nSPS) is 10.1. The van der Waals surface area contributed by atoms with Crippen LogP contribution in [0.25, 0.3) is 0 Å². The molecule has 0 aliphatic heterocycles. The summed E-state index contributed by atoms with van der Waals surface area (Å²) in [4.78, 5) is 13.1. The zero-order valence-corrected chi connectivity index (χ0v) is 10.6. The molecule has 0 saturated carbocycles. The summed E-state index contributed by atoms with van der Waals surface area (Å²) in [6, 6.07) is 2.04. The number of carbonyl (C=O) groups excluding carboxylic acids is 1. The first-order valence-electron chi connectivity index (χ1n) is 5.26. The van der Waals surface area contributed by atoms with Gasteiger partial charge in [0.2, 0.25) is 5.91 Å². The first kappa shape index (κ1) is 14.3.